The third kappa shape index (κ3) is 2.66. The van der Waals surface area contributed by atoms with Crippen molar-refractivity contribution in [1.82, 2.24) is 20.8 Å². The molecule has 1 saturated heterocycles. The number of aromatic amines is 1. The lowest BCUT2D eigenvalue weighted by atomic mass is 10.1. The largest absolute Gasteiger partial charge is 0.348 e. The predicted molar refractivity (Wildman–Crippen MR) is 72.8 cm³/mol. The number of carbonyl (C=O) groups is 1. The summed E-state index contributed by atoms with van der Waals surface area (Å²) in [5.74, 6) is -0.00700. The molecule has 1 aromatic carbocycles. The number of H-pyrrole nitrogens is 1. The number of nitrogens with one attached hydrogen (secondary N) is 3. The molecule has 0 saturated carbocycles. The second-order valence-corrected chi connectivity index (χ2v) is 4.73. The van der Waals surface area contributed by atoms with Gasteiger partial charge in [-0.05, 0) is 30.7 Å². The molecule has 1 fully saturated rings. The van der Waals surface area contributed by atoms with Gasteiger partial charge in [-0.1, -0.05) is 12.1 Å². The molecule has 2 heterocycles. The fraction of sp³-hybridized carbons (Fsp3) is 0.286. The Morgan fingerprint density at radius 2 is 2.11 bits per heavy atom. The Kier molecular flexibility index (Phi) is 3.29. The minimum absolute atomic E-state index is 0.00700. The summed E-state index contributed by atoms with van der Waals surface area (Å²) in [6.45, 7) is 1.84. The van der Waals surface area contributed by atoms with Crippen LogP contribution in [0.15, 0.2) is 36.7 Å². The average molecular weight is 256 g/mol. The summed E-state index contributed by atoms with van der Waals surface area (Å²) in [6, 6.07) is 7.82. The first-order valence-corrected chi connectivity index (χ1v) is 6.44. The van der Waals surface area contributed by atoms with Crippen LogP contribution in [0.25, 0.3) is 11.1 Å². The minimum Gasteiger partial charge on any atom is -0.348 e. The SMILES string of the molecule is O=C(N[C@@H]1CCNC1)c1ccc(-c2cn[nH]c2)cc1. The molecule has 98 valence electrons. The quantitative estimate of drug-likeness (QED) is 0.772. The molecule has 1 aromatic heterocycles. The van der Waals surface area contributed by atoms with E-state index in [-0.39, 0.29) is 11.9 Å². The van der Waals surface area contributed by atoms with Crippen LogP contribution < -0.4 is 10.6 Å². The predicted octanol–water partition coefficient (Wildman–Crippen LogP) is 1.17. The zero-order valence-electron chi connectivity index (χ0n) is 10.5. The first kappa shape index (κ1) is 11.9. The number of nitrogens with zero attached hydrogens (tertiary/aromatic N) is 1. The number of carbonyl (C=O) groups excluding carboxylic acids is 1. The van der Waals surface area contributed by atoms with E-state index in [9.17, 15) is 4.79 Å². The highest BCUT2D eigenvalue weighted by atomic mass is 16.1. The number of aromatic nitrogens is 2. The summed E-state index contributed by atoms with van der Waals surface area (Å²) in [6.07, 6.45) is 4.59. The van der Waals surface area contributed by atoms with Crippen LogP contribution in [-0.2, 0) is 0 Å². The molecule has 3 rings (SSSR count). The Labute approximate surface area is 111 Å². The Hall–Kier alpha value is -2.14. The minimum atomic E-state index is -0.00700. The summed E-state index contributed by atoms with van der Waals surface area (Å²) >= 11 is 0. The number of amides is 1. The van der Waals surface area contributed by atoms with Gasteiger partial charge in [0.1, 0.15) is 0 Å². The van der Waals surface area contributed by atoms with Crippen LogP contribution in [0.1, 0.15) is 16.8 Å². The summed E-state index contributed by atoms with van der Waals surface area (Å²) in [4.78, 5) is 12.0. The van der Waals surface area contributed by atoms with Crippen molar-refractivity contribution in [1.29, 1.82) is 0 Å². The smallest absolute Gasteiger partial charge is 0.251 e. The van der Waals surface area contributed by atoms with Crippen LogP contribution in [0.5, 0.6) is 0 Å². The molecular formula is C14H16N4O. The number of hydrogen-bond donors (Lipinski definition) is 3. The third-order valence-corrected chi connectivity index (χ3v) is 3.37. The van der Waals surface area contributed by atoms with E-state index in [1.165, 1.54) is 0 Å². The molecule has 0 spiro atoms. The van der Waals surface area contributed by atoms with Crippen molar-refractivity contribution in [2.45, 2.75) is 12.5 Å². The van der Waals surface area contributed by atoms with Crippen LogP contribution in [0.3, 0.4) is 0 Å². The van der Waals surface area contributed by atoms with Crippen molar-refractivity contribution in [3.8, 4) is 11.1 Å². The highest BCUT2D eigenvalue weighted by Gasteiger charge is 2.17. The Bertz CT molecular complexity index is 541. The lowest BCUT2D eigenvalue weighted by Gasteiger charge is -2.11. The molecule has 0 bridgehead atoms. The summed E-state index contributed by atoms with van der Waals surface area (Å²) in [7, 11) is 0. The van der Waals surface area contributed by atoms with Crippen molar-refractivity contribution in [2.24, 2.45) is 0 Å². The molecule has 0 unspecified atom stereocenters. The van der Waals surface area contributed by atoms with Crippen LogP contribution >= 0.6 is 0 Å². The monoisotopic (exact) mass is 256 g/mol. The summed E-state index contributed by atoms with van der Waals surface area (Å²) < 4.78 is 0. The molecule has 1 aliphatic rings. The first-order chi connectivity index (χ1) is 9.33. The average Bonchev–Trinajstić information content (AvgIpc) is 3.12. The van der Waals surface area contributed by atoms with Gasteiger partial charge in [0.2, 0.25) is 0 Å². The van der Waals surface area contributed by atoms with Crippen molar-refractivity contribution < 1.29 is 4.79 Å². The standard InChI is InChI=1S/C14H16N4O/c19-14(18-13-5-6-15-9-13)11-3-1-10(2-4-11)12-7-16-17-8-12/h1-4,7-8,13,15H,5-6,9H2,(H,16,17)(H,18,19)/t13-/m1/s1. The van der Waals surface area contributed by atoms with E-state index in [0.717, 1.165) is 30.6 Å². The summed E-state index contributed by atoms with van der Waals surface area (Å²) in [5, 5.41) is 13.0. The van der Waals surface area contributed by atoms with E-state index in [0.29, 0.717) is 5.56 Å². The molecule has 19 heavy (non-hydrogen) atoms. The first-order valence-electron chi connectivity index (χ1n) is 6.44. The summed E-state index contributed by atoms with van der Waals surface area (Å²) in [5.41, 5.74) is 2.76. The van der Waals surface area contributed by atoms with E-state index in [1.807, 2.05) is 30.5 Å². The molecule has 2 aromatic rings. The van der Waals surface area contributed by atoms with Gasteiger partial charge in [0.05, 0.1) is 6.20 Å². The lowest BCUT2D eigenvalue weighted by Crippen LogP contribution is -2.36. The van der Waals surface area contributed by atoms with Gasteiger partial charge in [-0.2, -0.15) is 5.10 Å². The molecule has 1 amide bonds. The van der Waals surface area contributed by atoms with Crippen LogP contribution in [-0.4, -0.2) is 35.2 Å². The Balaban J connectivity index is 1.69. The lowest BCUT2D eigenvalue weighted by molar-refractivity contribution is 0.0940. The normalized spacial score (nSPS) is 18.4. The molecule has 0 radical (unpaired) electrons. The number of hydrogen-bond acceptors (Lipinski definition) is 3. The zero-order chi connectivity index (χ0) is 13.1. The Morgan fingerprint density at radius 3 is 2.74 bits per heavy atom. The highest BCUT2D eigenvalue weighted by Crippen LogP contribution is 2.18. The van der Waals surface area contributed by atoms with Crippen molar-refractivity contribution >= 4 is 5.91 Å². The van der Waals surface area contributed by atoms with Gasteiger partial charge in [-0.25, -0.2) is 0 Å². The molecule has 5 heteroatoms. The van der Waals surface area contributed by atoms with Gasteiger partial charge in [0.25, 0.3) is 5.91 Å². The van der Waals surface area contributed by atoms with Gasteiger partial charge >= 0.3 is 0 Å². The van der Waals surface area contributed by atoms with E-state index >= 15 is 0 Å². The third-order valence-electron chi connectivity index (χ3n) is 3.37. The molecule has 3 N–H and O–H groups in total. The van der Waals surface area contributed by atoms with E-state index < -0.39 is 0 Å². The highest BCUT2D eigenvalue weighted by molar-refractivity contribution is 5.94. The van der Waals surface area contributed by atoms with Crippen molar-refractivity contribution in [2.75, 3.05) is 13.1 Å². The molecule has 1 atom stereocenters. The second-order valence-electron chi connectivity index (χ2n) is 4.73. The van der Waals surface area contributed by atoms with E-state index in [1.54, 1.807) is 6.20 Å². The maximum absolute atomic E-state index is 12.0. The molecule has 1 aliphatic heterocycles. The number of rotatable bonds is 3. The van der Waals surface area contributed by atoms with Gasteiger partial charge in [-0.3, -0.25) is 9.89 Å². The van der Waals surface area contributed by atoms with Gasteiger partial charge in [-0.15, -0.1) is 0 Å². The van der Waals surface area contributed by atoms with Crippen molar-refractivity contribution in [3.05, 3.63) is 42.2 Å². The van der Waals surface area contributed by atoms with Crippen molar-refractivity contribution in [3.63, 3.8) is 0 Å². The fourth-order valence-corrected chi connectivity index (χ4v) is 2.27. The van der Waals surface area contributed by atoms with Crippen LogP contribution in [0, 0.1) is 0 Å². The van der Waals surface area contributed by atoms with E-state index in [2.05, 4.69) is 20.8 Å². The van der Waals surface area contributed by atoms with Crippen LogP contribution in [0.2, 0.25) is 0 Å². The van der Waals surface area contributed by atoms with Gasteiger partial charge < -0.3 is 10.6 Å². The second kappa shape index (κ2) is 5.24. The maximum atomic E-state index is 12.0. The van der Waals surface area contributed by atoms with E-state index in [4.69, 9.17) is 0 Å². The zero-order valence-corrected chi connectivity index (χ0v) is 10.5. The fourth-order valence-electron chi connectivity index (χ4n) is 2.27. The van der Waals surface area contributed by atoms with Crippen LogP contribution in [0.4, 0.5) is 0 Å². The van der Waals surface area contributed by atoms with Gasteiger partial charge in [0, 0.05) is 29.9 Å². The number of benzene rings is 1. The molecule has 5 nitrogen and oxygen atoms in total. The maximum Gasteiger partial charge on any atom is 0.251 e. The molecule has 0 aliphatic carbocycles. The van der Waals surface area contributed by atoms with Gasteiger partial charge in [0.15, 0.2) is 0 Å². The molecular weight excluding hydrogens is 240 g/mol. The topological polar surface area (TPSA) is 69.8 Å². The Morgan fingerprint density at radius 1 is 1.26 bits per heavy atom.